The molecule has 3 N–H and O–H groups in total. The number of pyridine rings is 1. The molecule has 0 spiro atoms. The third kappa shape index (κ3) is 5.96. The minimum Gasteiger partial charge on any atom is -0.475 e. The van der Waals surface area contributed by atoms with Crippen molar-refractivity contribution in [3.63, 3.8) is 0 Å². The lowest BCUT2D eigenvalue weighted by atomic mass is 10.1. The summed E-state index contributed by atoms with van der Waals surface area (Å²) in [5.74, 6) is 1.36. The van der Waals surface area contributed by atoms with Gasteiger partial charge in [-0.1, -0.05) is 18.2 Å². The first-order valence-electron chi connectivity index (χ1n) is 9.77. The number of fused-ring (bicyclic) bond motifs is 1. The lowest BCUT2D eigenvalue weighted by Crippen LogP contribution is -2.37. The number of hydrogen-bond donors (Lipinski definition) is 3. The normalized spacial score (nSPS) is 11.6. The Morgan fingerprint density at radius 3 is 2.83 bits per heavy atom. The van der Waals surface area contributed by atoms with Crippen LogP contribution in [0.5, 0.6) is 5.88 Å². The number of methoxy groups -OCH3 is 1. The Morgan fingerprint density at radius 1 is 1.17 bits per heavy atom. The molecular weight excluding hydrogens is 366 g/mol. The molecule has 7 nitrogen and oxygen atoms in total. The molecule has 3 rings (SSSR count). The van der Waals surface area contributed by atoms with Crippen LogP contribution in [0.4, 0.5) is 0 Å². The summed E-state index contributed by atoms with van der Waals surface area (Å²) in [5, 5.41) is 7.96. The predicted octanol–water partition coefficient (Wildman–Crippen LogP) is 2.80. The van der Waals surface area contributed by atoms with E-state index in [0.717, 1.165) is 24.5 Å². The van der Waals surface area contributed by atoms with Crippen molar-refractivity contribution in [2.45, 2.75) is 19.9 Å². The van der Waals surface area contributed by atoms with Gasteiger partial charge in [0.2, 0.25) is 5.88 Å². The first-order chi connectivity index (χ1) is 14.2. The molecular formula is C22H29N5O2. The van der Waals surface area contributed by atoms with Crippen molar-refractivity contribution in [1.29, 1.82) is 0 Å². The molecule has 0 aliphatic rings. The number of aryl methyl sites for hydroxylation is 1. The molecule has 7 heteroatoms. The van der Waals surface area contributed by atoms with Crippen LogP contribution in [0.25, 0.3) is 10.9 Å². The number of aromatic amines is 1. The Labute approximate surface area is 171 Å². The van der Waals surface area contributed by atoms with Crippen LogP contribution in [0.2, 0.25) is 0 Å². The summed E-state index contributed by atoms with van der Waals surface area (Å²) < 4.78 is 10.4. The van der Waals surface area contributed by atoms with Gasteiger partial charge in [-0.05, 0) is 36.1 Å². The Hall–Kier alpha value is -3.06. The van der Waals surface area contributed by atoms with Gasteiger partial charge in [-0.25, -0.2) is 4.98 Å². The van der Waals surface area contributed by atoms with Crippen LogP contribution in [-0.2, 0) is 17.7 Å². The van der Waals surface area contributed by atoms with Crippen molar-refractivity contribution in [2.75, 3.05) is 33.9 Å². The summed E-state index contributed by atoms with van der Waals surface area (Å²) >= 11 is 0. The topological polar surface area (TPSA) is 83.6 Å². The predicted molar refractivity (Wildman–Crippen MR) is 117 cm³/mol. The average molecular weight is 396 g/mol. The highest BCUT2D eigenvalue weighted by Gasteiger charge is 2.05. The summed E-state index contributed by atoms with van der Waals surface area (Å²) in [6, 6.07) is 10.4. The van der Waals surface area contributed by atoms with Crippen molar-refractivity contribution in [2.24, 2.45) is 4.99 Å². The Balaban J connectivity index is 1.44. The molecule has 2 aromatic heterocycles. The number of nitrogens with zero attached hydrogens (tertiary/aromatic N) is 2. The Bertz CT molecular complexity index is 934. The SMILES string of the molecule is CN=C(NCCc1c[nH]c2cc(C)ccc12)NCc1ccc(OCCOC)nc1. The number of nitrogens with one attached hydrogen (secondary N) is 3. The molecule has 0 saturated heterocycles. The third-order valence-electron chi connectivity index (χ3n) is 4.63. The van der Waals surface area contributed by atoms with Crippen LogP contribution in [0, 0.1) is 6.92 Å². The number of hydrogen-bond acceptors (Lipinski definition) is 4. The molecule has 0 saturated carbocycles. The van der Waals surface area contributed by atoms with Gasteiger partial charge in [0.1, 0.15) is 6.61 Å². The van der Waals surface area contributed by atoms with Gasteiger partial charge in [-0.15, -0.1) is 0 Å². The summed E-state index contributed by atoms with van der Waals surface area (Å²) in [4.78, 5) is 11.9. The van der Waals surface area contributed by atoms with Gasteiger partial charge in [-0.2, -0.15) is 0 Å². The highest BCUT2D eigenvalue weighted by molar-refractivity contribution is 5.84. The van der Waals surface area contributed by atoms with Gasteiger partial charge in [0.15, 0.2) is 5.96 Å². The van der Waals surface area contributed by atoms with E-state index in [2.05, 4.69) is 56.9 Å². The van der Waals surface area contributed by atoms with E-state index in [1.165, 1.54) is 22.0 Å². The van der Waals surface area contributed by atoms with Crippen molar-refractivity contribution in [1.82, 2.24) is 20.6 Å². The Morgan fingerprint density at radius 2 is 2.07 bits per heavy atom. The van der Waals surface area contributed by atoms with E-state index in [1.54, 1.807) is 20.4 Å². The van der Waals surface area contributed by atoms with Gasteiger partial charge >= 0.3 is 0 Å². The summed E-state index contributed by atoms with van der Waals surface area (Å²) in [6.07, 6.45) is 4.80. The molecule has 3 aromatic rings. The summed E-state index contributed by atoms with van der Waals surface area (Å²) in [5.41, 5.74) is 4.80. The minimum absolute atomic E-state index is 0.494. The van der Waals surface area contributed by atoms with Crippen LogP contribution in [0.3, 0.4) is 0 Å². The smallest absolute Gasteiger partial charge is 0.213 e. The molecule has 1 aromatic carbocycles. The van der Waals surface area contributed by atoms with Crippen LogP contribution in [-0.4, -0.2) is 49.8 Å². The second kappa shape index (κ2) is 10.5. The van der Waals surface area contributed by atoms with E-state index in [4.69, 9.17) is 9.47 Å². The van der Waals surface area contributed by atoms with E-state index < -0.39 is 0 Å². The maximum absolute atomic E-state index is 5.48. The molecule has 0 fully saturated rings. The van der Waals surface area contributed by atoms with Crippen LogP contribution < -0.4 is 15.4 Å². The number of guanidine groups is 1. The first-order valence-corrected chi connectivity index (χ1v) is 9.77. The third-order valence-corrected chi connectivity index (χ3v) is 4.63. The number of benzene rings is 1. The van der Waals surface area contributed by atoms with Gasteiger partial charge < -0.3 is 25.1 Å². The average Bonchev–Trinajstić information content (AvgIpc) is 3.13. The van der Waals surface area contributed by atoms with Crippen LogP contribution >= 0.6 is 0 Å². The fourth-order valence-electron chi connectivity index (χ4n) is 3.06. The highest BCUT2D eigenvalue weighted by atomic mass is 16.5. The highest BCUT2D eigenvalue weighted by Crippen LogP contribution is 2.19. The van der Waals surface area contributed by atoms with E-state index in [1.807, 2.05) is 12.1 Å². The van der Waals surface area contributed by atoms with Crippen LogP contribution in [0.15, 0.2) is 47.7 Å². The van der Waals surface area contributed by atoms with Crippen LogP contribution in [0.1, 0.15) is 16.7 Å². The maximum Gasteiger partial charge on any atom is 0.213 e. The fraction of sp³-hybridized carbons (Fsp3) is 0.364. The van der Waals surface area contributed by atoms with E-state index in [9.17, 15) is 0 Å². The lowest BCUT2D eigenvalue weighted by molar-refractivity contribution is 0.143. The van der Waals surface area contributed by atoms with Crippen molar-refractivity contribution in [3.8, 4) is 5.88 Å². The quantitative estimate of drug-likeness (QED) is 0.295. The number of H-pyrrole nitrogens is 1. The first kappa shape index (κ1) is 20.7. The lowest BCUT2D eigenvalue weighted by Gasteiger charge is -2.12. The summed E-state index contributed by atoms with van der Waals surface area (Å²) in [7, 11) is 3.42. The zero-order valence-electron chi connectivity index (χ0n) is 17.3. The minimum atomic E-state index is 0.494. The molecule has 0 aliphatic heterocycles. The molecule has 2 heterocycles. The molecule has 0 amide bonds. The van der Waals surface area contributed by atoms with Gasteiger partial charge in [0.05, 0.1) is 6.61 Å². The van der Waals surface area contributed by atoms with Gasteiger partial charge in [0.25, 0.3) is 0 Å². The largest absolute Gasteiger partial charge is 0.475 e. The molecule has 0 bridgehead atoms. The number of aromatic nitrogens is 2. The van der Waals surface area contributed by atoms with E-state index in [-0.39, 0.29) is 0 Å². The molecule has 0 aliphatic carbocycles. The standard InChI is InChI=1S/C22H29N5O2/c1-16-4-6-19-18(15-25-20(19)12-16)8-9-24-22(23-2)27-14-17-5-7-21(26-13-17)29-11-10-28-3/h4-7,12-13,15,25H,8-11,14H2,1-3H3,(H2,23,24,27). The van der Waals surface area contributed by atoms with E-state index in [0.29, 0.717) is 25.6 Å². The van der Waals surface area contributed by atoms with Crippen molar-refractivity contribution >= 4 is 16.9 Å². The fourth-order valence-corrected chi connectivity index (χ4v) is 3.06. The number of rotatable bonds is 9. The van der Waals surface area contributed by atoms with Gasteiger partial charge in [-0.3, -0.25) is 4.99 Å². The second-order valence-corrected chi connectivity index (χ2v) is 6.81. The Kier molecular flexibility index (Phi) is 7.47. The zero-order chi connectivity index (χ0) is 20.5. The molecule has 0 atom stereocenters. The molecule has 0 unspecified atom stereocenters. The molecule has 154 valence electrons. The van der Waals surface area contributed by atoms with Gasteiger partial charge in [0, 0.05) is 56.6 Å². The second-order valence-electron chi connectivity index (χ2n) is 6.81. The van der Waals surface area contributed by atoms with Crippen molar-refractivity contribution in [3.05, 3.63) is 59.4 Å². The monoisotopic (exact) mass is 395 g/mol. The zero-order valence-corrected chi connectivity index (χ0v) is 17.3. The number of ether oxygens (including phenoxy) is 2. The molecule has 29 heavy (non-hydrogen) atoms. The maximum atomic E-state index is 5.48. The number of aliphatic imine (C=N–C) groups is 1. The molecule has 0 radical (unpaired) electrons. The van der Waals surface area contributed by atoms with E-state index >= 15 is 0 Å². The summed E-state index contributed by atoms with van der Waals surface area (Å²) in [6.45, 7) is 4.58. The van der Waals surface area contributed by atoms with Crippen molar-refractivity contribution < 1.29 is 9.47 Å².